The van der Waals surface area contributed by atoms with Gasteiger partial charge in [0.15, 0.2) is 0 Å². The largest absolute Gasteiger partial charge is 0.419 e. The fourth-order valence-electron chi connectivity index (χ4n) is 1.59. The van der Waals surface area contributed by atoms with Crippen molar-refractivity contribution in [2.24, 2.45) is 0 Å². The van der Waals surface area contributed by atoms with E-state index < -0.39 is 17.6 Å². The SMILES string of the molecule is O=C(CSc1ncccc1C(F)(F)F)Nc1ccc(Cl)cc1. The zero-order valence-electron chi connectivity index (χ0n) is 11.0. The van der Waals surface area contributed by atoms with Crippen LogP contribution in [0.2, 0.25) is 5.02 Å². The van der Waals surface area contributed by atoms with Gasteiger partial charge in [-0.3, -0.25) is 4.79 Å². The summed E-state index contributed by atoms with van der Waals surface area (Å²) in [5.41, 5.74) is -0.327. The van der Waals surface area contributed by atoms with E-state index >= 15 is 0 Å². The first kappa shape index (κ1) is 16.6. The molecule has 0 saturated carbocycles. The summed E-state index contributed by atoms with van der Waals surface area (Å²) in [7, 11) is 0. The molecule has 0 aliphatic rings. The van der Waals surface area contributed by atoms with Gasteiger partial charge in [-0.2, -0.15) is 13.2 Å². The molecule has 0 bridgehead atoms. The minimum Gasteiger partial charge on any atom is -0.325 e. The maximum Gasteiger partial charge on any atom is 0.419 e. The van der Waals surface area contributed by atoms with Gasteiger partial charge in [-0.15, -0.1) is 0 Å². The second-order valence-corrected chi connectivity index (χ2v) is 5.60. The molecule has 2 rings (SSSR count). The Balaban J connectivity index is 1.98. The molecular weight excluding hydrogens is 337 g/mol. The number of amides is 1. The third-order valence-corrected chi connectivity index (χ3v) is 3.80. The lowest BCUT2D eigenvalue weighted by molar-refractivity contribution is -0.140. The zero-order valence-corrected chi connectivity index (χ0v) is 12.6. The van der Waals surface area contributed by atoms with Gasteiger partial charge in [-0.1, -0.05) is 23.4 Å². The molecule has 1 aromatic heterocycles. The van der Waals surface area contributed by atoms with Crippen LogP contribution in [-0.2, 0) is 11.0 Å². The predicted molar refractivity (Wildman–Crippen MR) is 80.0 cm³/mol. The Morgan fingerprint density at radius 3 is 2.55 bits per heavy atom. The topological polar surface area (TPSA) is 42.0 Å². The summed E-state index contributed by atoms with van der Waals surface area (Å²) in [6.07, 6.45) is -3.24. The van der Waals surface area contributed by atoms with Crippen LogP contribution >= 0.6 is 23.4 Å². The third kappa shape index (κ3) is 4.64. The normalized spacial score (nSPS) is 11.3. The molecule has 1 aromatic carbocycles. The average Bonchev–Trinajstić information content (AvgIpc) is 2.47. The highest BCUT2D eigenvalue weighted by molar-refractivity contribution is 8.00. The number of thioether (sulfide) groups is 1. The van der Waals surface area contributed by atoms with Crippen LogP contribution in [0.25, 0.3) is 0 Å². The maximum absolute atomic E-state index is 12.8. The average molecular weight is 347 g/mol. The van der Waals surface area contributed by atoms with Crippen molar-refractivity contribution in [2.75, 3.05) is 11.1 Å². The number of nitrogens with one attached hydrogen (secondary N) is 1. The van der Waals surface area contributed by atoms with Gasteiger partial charge < -0.3 is 5.32 Å². The van der Waals surface area contributed by atoms with Gasteiger partial charge in [0, 0.05) is 16.9 Å². The van der Waals surface area contributed by atoms with Gasteiger partial charge in [-0.25, -0.2) is 4.98 Å². The number of anilines is 1. The number of carbonyl (C=O) groups is 1. The summed E-state index contributed by atoms with van der Waals surface area (Å²) in [6, 6.07) is 8.56. The molecule has 0 spiro atoms. The number of halogens is 4. The minimum atomic E-state index is -4.50. The van der Waals surface area contributed by atoms with Crippen molar-refractivity contribution in [3.05, 3.63) is 53.2 Å². The smallest absolute Gasteiger partial charge is 0.325 e. The number of rotatable bonds is 4. The fourth-order valence-corrected chi connectivity index (χ4v) is 2.53. The van der Waals surface area contributed by atoms with Gasteiger partial charge in [-0.05, 0) is 36.4 Å². The standard InChI is InChI=1S/C14H10ClF3N2OS/c15-9-3-5-10(6-4-9)20-12(21)8-22-13-11(14(16,17)18)2-1-7-19-13/h1-7H,8H2,(H,20,21). The van der Waals surface area contributed by atoms with Crippen molar-refractivity contribution in [1.82, 2.24) is 4.98 Å². The Morgan fingerprint density at radius 2 is 1.91 bits per heavy atom. The number of benzene rings is 1. The molecule has 0 fully saturated rings. The second-order valence-electron chi connectivity index (χ2n) is 4.20. The summed E-state index contributed by atoms with van der Waals surface area (Å²) in [5, 5.41) is 2.87. The van der Waals surface area contributed by atoms with Crippen LogP contribution in [0.5, 0.6) is 0 Å². The van der Waals surface area contributed by atoms with Crippen molar-refractivity contribution in [3.8, 4) is 0 Å². The Morgan fingerprint density at radius 1 is 1.23 bits per heavy atom. The van der Waals surface area contributed by atoms with Crippen LogP contribution in [0.1, 0.15) is 5.56 Å². The van der Waals surface area contributed by atoms with Crippen LogP contribution < -0.4 is 5.32 Å². The third-order valence-electron chi connectivity index (χ3n) is 2.54. The summed E-state index contributed by atoms with van der Waals surface area (Å²) in [6.45, 7) is 0. The number of aromatic nitrogens is 1. The number of nitrogens with zero attached hydrogens (tertiary/aromatic N) is 1. The van der Waals surface area contributed by atoms with E-state index in [-0.39, 0.29) is 10.8 Å². The zero-order chi connectivity index (χ0) is 16.2. The van der Waals surface area contributed by atoms with Crippen molar-refractivity contribution < 1.29 is 18.0 Å². The highest BCUT2D eigenvalue weighted by Gasteiger charge is 2.34. The predicted octanol–water partition coefficient (Wildman–Crippen LogP) is 4.48. The molecular formula is C14H10ClF3N2OS. The van der Waals surface area contributed by atoms with Crippen LogP contribution in [0.4, 0.5) is 18.9 Å². The highest BCUT2D eigenvalue weighted by Crippen LogP contribution is 2.35. The summed E-state index contributed by atoms with van der Waals surface area (Å²) in [5.74, 6) is -0.603. The molecule has 2 aromatic rings. The van der Waals surface area contributed by atoms with Crippen molar-refractivity contribution >= 4 is 35.0 Å². The number of hydrogen-bond donors (Lipinski definition) is 1. The quantitative estimate of drug-likeness (QED) is 0.830. The first-order valence-electron chi connectivity index (χ1n) is 6.06. The molecule has 0 atom stereocenters. The van der Waals surface area contributed by atoms with Crippen molar-refractivity contribution in [1.29, 1.82) is 0 Å². The van der Waals surface area contributed by atoms with Crippen molar-refractivity contribution in [2.45, 2.75) is 11.2 Å². The lowest BCUT2D eigenvalue weighted by Gasteiger charge is -2.11. The first-order valence-corrected chi connectivity index (χ1v) is 7.43. The van der Waals surface area contributed by atoms with Gasteiger partial charge >= 0.3 is 6.18 Å². The monoisotopic (exact) mass is 346 g/mol. The molecule has 0 saturated heterocycles. The van der Waals surface area contributed by atoms with E-state index in [4.69, 9.17) is 11.6 Å². The molecule has 8 heteroatoms. The molecule has 22 heavy (non-hydrogen) atoms. The molecule has 0 aliphatic carbocycles. The first-order chi connectivity index (χ1) is 10.4. The van der Waals surface area contributed by atoms with Crippen LogP contribution in [0.3, 0.4) is 0 Å². The molecule has 116 valence electrons. The number of hydrogen-bond acceptors (Lipinski definition) is 3. The van der Waals surface area contributed by atoms with E-state index in [0.29, 0.717) is 10.7 Å². The van der Waals surface area contributed by atoms with E-state index in [1.807, 2.05) is 0 Å². The Bertz CT molecular complexity index is 662. The fraction of sp³-hybridized carbons (Fsp3) is 0.143. The Labute approximate surface area is 133 Å². The second kappa shape index (κ2) is 7.02. The van der Waals surface area contributed by atoms with Crippen LogP contribution in [0.15, 0.2) is 47.6 Å². The van der Waals surface area contributed by atoms with Gasteiger partial charge in [0.05, 0.1) is 11.3 Å². The van der Waals surface area contributed by atoms with Gasteiger partial charge in [0.1, 0.15) is 5.03 Å². The summed E-state index contributed by atoms with van der Waals surface area (Å²) in [4.78, 5) is 15.4. The van der Waals surface area contributed by atoms with Crippen LogP contribution in [-0.4, -0.2) is 16.6 Å². The Hall–Kier alpha value is -1.73. The number of alkyl halides is 3. The van der Waals surface area contributed by atoms with E-state index in [1.54, 1.807) is 24.3 Å². The maximum atomic E-state index is 12.8. The molecule has 3 nitrogen and oxygen atoms in total. The molecule has 1 heterocycles. The molecule has 0 unspecified atom stereocenters. The molecule has 1 N–H and O–H groups in total. The van der Waals surface area contributed by atoms with Gasteiger partial charge in [0.25, 0.3) is 0 Å². The molecule has 1 amide bonds. The number of carbonyl (C=O) groups excluding carboxylic acids is 1. The summed E-state index contributed by atoms with van der Waals surface area (Å²) < 4.78 is 38.4. The minimum absolute atomic E-state index is 0.178. The van der Waals surface area contributed by atoms with E-state index in [0.717, 1.165) is 17.8 Å². The number of pyridine rings is 1. The van der Waals surface area contributed by atoms with Crippen molar-refractivity contribution in [3.63, 3.8) is 0 Å². The molecule has 0 aliphatic heterocycles. The van der Waals surface area contributed by atoms with Crippen LogP contribution in [0, 0.1) is 0 Å². The van der Waals surface area contributed by atoms with E-state index in [9.17, 15) is 18.0 Å². The highest BCUT2D eigenvalue weighted by atomic mass is 35.5. The lowest BCUT2D eigenvalue weighted by atomic mass is 10.3. The Kier molecular flexibility index (Phi) is 5.31. The van der Waals surface area contributed by atoms with E-state index in [1.165, 1.54) is 12.3 Å². The van der Waals surface area contributed by atoms with E-state index in [2.05, 4.69) is 10.3 Å². The molecule has 0 radical (unpaired) electrons. The lowest BCUT2D eigenvalue weighted by Crippen LogP contribution is -2.15. The van der Waals surface area contributed by atoms with Gasteiger partial charge in [0.2, 0.25) is 5.91 Å². The summed E-state index contributed by atoms with van der Waals surface area (Å²) >= 11 is 6.45.